The van der Waals surface area contributed by atoms with Gasteiger partial charge in [0.25, 0.3) is 0 Å². The van der Waals surface area contributed by atoms with Gasteiger partial charge < -0.3 is 19.9 Å². The van der Waals surface area contributed by atoms with Crippen molar-refractivity contribution in [1.29, 1.82) is 0 Å². The van der Waals surface area contributed by atoms with Crippen LogP contribution in [0.3, 0.4) is 0 Å². The van der Waals surface area contributed by atoms with Crippen molar-refractivity contribution in [2.24, 2.45) is 0 Å². The zero-order valence-electron chi connectivity index (χ0n) is 9.89. The van der Waals surface area contributed by atoms with Gasteiger partial charge in [-0.15, -0.1) is 0 Å². The second kappa shape index (κ2) is 3.87. The molecule has 0 radical (unpaired) electrons. The van der Waals surface area contributed by atoms with Crippen LogP contribution in [0.15, 0.2) is 0 Å². The van der Waals surface area contributed by atoms with Gasteiger partial charge in [-0.1, -0.05) is 0 Å². The summed E-state index contributed by atoms with van der Waals surface area (Å²) in [5, 5.41) is 3.15. The van der Waals surface area contributed by atoms with Crippen molar-refractivity contribution in [1.82, 2.24) is 15.1 Å². The van der Waals surface area contributed by atoms with Gasteiger partial charge in [-0.3, -0.25) is 4.79 Å². The van der Waals surface area contributed by atoms with Crippen molar-refractivity contribution in [2.45, 2.75) is 31.0 Å². The van der Waals surface area contributed by atoms with Crippen molar-refractivity contribution in [3.05, 3.63) is 0 Å². The number of nitrogens with one attached hydrogen (secondary N) is 1. The molecule has 17 heavy (non-hydrogen) atoms. The van der Waals surface area contributed by atoms with E-state index in [2.05, 4.69) is 5.32 Å². The fraction of sp³-hybridized carbons (Fsp3) is 0.818. The van der Waals surface area contributed by atoms with E-state index in [0.29, 0.717) is 25.7 Å². The molecule has 0 aromatic carbocycles. The Bertz CT molecular complexity index is 356. The maximum absolute atomic E-state index is 12.1. The molecule has 0 spiro atoms. The first-order valence-electron chi connectivity index (χ1n) is 6.11. The van der Waals surface area contributed by atoms with E-state index in [1.807, 2.05) is 9.80 Å². The molecular formula is C11H17N3O3. The highest BCUT2D eigenvalue weighted by atomic mass is 16.5. The van der Waals surface area contributed by atoms with Crippen molar-refractivity contribution >= 4 is 12.0 Å². The molecular weight excluding hydrogens is 222 g/mol. The first-order chi connectivity index (χ1) is 8.22. The predicted octanol–water partition coefficient (Wildman–Crippen LogP) is -0.600. The number of rotatable bonds is 2. The Kier molecular flexibility index (Phi) is 2.47. The highest BCUT2D eigenvalue weighted by Gasteiger charge is 2.50. The quantitative estimate of drug-likeness (QED) is 0.654. The molecule has 1 saturated carbocycles. The Morgan fingerprint density at radius 3 is 2.82 bits per heavy atom. The molecule has 2 amide bonds. The Morgan fingerprint density at radius 2 is 2.18 bits per heavy atom. The standard InChI is InChI=1S/C11H17N3O3/c1-17-10(15)9-8-6-14(7-2-3-7)11(16)13(8)5-4-12-9/h7-9,12H,2-6H2,1H3/t8-,9-/m0/s1. The SMILES string of the molecule is COC(=O)[C@H]1NCCN2C(=O)N(C3CC3)C[C@@H]12. The molecule has 0 unspecified atom stereocenters. The highest BCUT2D eigenvalue weighted by Crippen LogP contribution is 2.33. The number of hydrogen-bond acceptors (Lipinski definition) is 4. The van der Waals surface area contributed by atoms with Gasteiger partial charge in [0.15, 0.2) is 0 Å². The van der Waals surface area contributed by atoms with E-state index in [9.17, 15) is 9.59 Å². The van der Waals surface area contributed by atoms with Crippen LogP contribution in [0.1, 0.15) is 12.8 Å². The number of carbonyl (C=O) groups is 2. The Balaban J connectivity index is 1.79. The summed E-state index contributed by atoms with van der Waals surface area (Å²) in [6.45, 7) is 1.98. The van der Waals surface area contributed by atoms with Crippen molar-refractivity contribution in [3.63, 3.8) is 0 Å². The van der Waals surface area contributed by atoms with E-state index < -0.39 is 0 Å². The van der Waals surface area contributed by atoms with E-state index >= 15 is 0 Å². The molecule has 0 aromatic rings. The summed E-state index contributed by atoms with van der Waals surface area (Å²) >= 11 is 0. The summed E-state index contributed by atoms with van der Waals surface area (Å²) in [4.78, 5) is 27.5. The van der Waals surface area contributed by atoms with Gasteiger partial charge in [0.2, 0.25) is 0 Å². The molecule has 3 fully saturated rings. The lowest BCUT2D eigenvalue weighted by molar-refractivity contribution is -0.145. The molecule has 6 nitrogen and oxygen atoms in total. The van der Waals surface area contributed by atoms with Crippen LogP contribution in [0.4, 0.5) is 4.79 Å². The maximum Gasteiger partial charge on any atom is 0.325 e. The molecule has 94 valence electrons. The van der Waals surface area contributed by atoms with Gasteiger partial charge in [-0.05, 0) is 12.8 Å². The minimum Gasteiger partial charge on any atom is -0.468 e. The maximum atomic E-state index is 12.1. The zero-order chi connectivity index (χ0) is 12.0. The van der Waals surface area contributed by atoms with Crippen molar-refractivity contribution in [3.8, 4) is 0 Å². The Hall–Kier alpha value is -1.30. The average Bonchev–Trinajstić information content (AvgIpc) is 3.14. The van der Waals surface area contributed by atoms with Crippen LogP contribution in [0.2, 0.25) is 0 Å². The van der Waals surface area contributed by atoms with Crippen LogP contribution >= 0.6 is 0 Å². The molecule has 3 rings (SSSR count). The number of methoxy groups -OCH3 is 1. The second-order valence-corrected chi connectivity index (χ2v) is 4.88. The van der Waals surface area contributed by atoms with Gasteiger partial charge in [0, 0.05) is 25.7 Å². The molecule has 2 aliphatic heterocycles. The number of hydrogen-bond donors (Lipinski definition) is 1. The molecule has 0 aromatic heterocycles. The molecule has 1 aliphatic carbocycles. The Morgan fingerprint density at radius 1 is 1.41 bits per heavy atom. The topological polar surface area (TPSA) is 61.9 Å². The molecule has 2 heterocycles. The van der Waals surface area contributed by atoms with Crippen LogP contribution in [-0.2, 0) is 9.53 Å². The third-order valence-electron chi connectivity index (χ3n) is 3.82. The lowest BCUT2D eigenvalue weighted by atomic mass is 10.1. The number of ether oxygens (including phenoxy) is 1. The van der Waals surface area contributed by atoms with Gasteiger partial charge in [-0.2, -0.15) is 0 Å². The van der Waals surface area contributed by atoms with Crippen LogP contribution < -0.4 is 5.32 Å². The fourth-order valence-corrected chi connectivity index (χ4v) is 2.77. The fourth-order valence-electron chi connectivity index (χ4n) is 2.77. The molecule has 3 aliphatic rings. The number of carbonyl (C=O) groups excluding carboxylic acids is 2. The summed E-state index contributed by atoms with van der Waals surface area (Å²) in [7, 11) is 1.39. The van der Waals surface area contributed by atoms with Gasteiger partial charge in [0.05, 0.1) is 13.2 Å². The molecule has 6 heteroatoms. The van der Waals surface area contributed by atoms with E-state index in [4.69, 9.17) is 4.74 Å². The number of fused-ring (bicyclic) bond motifs is 1. The van der Waals surface area contributed by atoms with Crippen molar-refractivity contribution < 1.29 is 14.3 Å². The summed E-state index contributed by atoms with van der Waals surface area (Å²) < 4.78 is 4.79. The minimum absolute atomic E-state index is 0.0655. The van der Waals surface area contributed by atoms with Gasteiger partial charge >= 0.3 is 12.0 Å². The lowest BCUT2D eigenvalue weighted by Crippen LogP contribution is -2.60. The van der Waals surface area contributed by atoms with Crippen LogP contribution in [0.25, 0.3) is 0 Å². The largest absolute Gasteiger partial charge is 0.468 e. The van der Waals surface area contributed by atoms with Gasteiger partial charge in [0.1, 0.15) is 6.04 Å². The highest BCUT2D eigenvalue weighted by molar-refractivity contribution is 5.83. The molecule has 2 atom stereocenters. The van der Waals surface area contributed by atoms with E-state index in [0.717, 1.165) is 12.8 Å². The normalized spacial score (nSPS) is 32.6. The third-order valence-corrected chi connectivity index (χ3v) is 3.82. The molecule has 2 saturated heterocycles. The predicted molar refractivity (Wildman–Crippen MR) is 59.4 cm³/mol. The lowest BCUT2D eigenvalue weighted by Gasteiger charge is -2.34. The number of esters is 1. The van der Waals surface area contributed by atoms with E-state index in [1.54, 1.807) is 0 Å². The number of piperazine rings is 1. The smallest absolute Gasteiger partial charge is 0.325 e. The van der Waals surface area contributed by atoms with Gasteiger partial charge in [-0.25, -0.2) is 4.79 Å². The second-order valence-electron chi connectivity index (χ2n) is 4.88. The van der Waals surface area contributed by atoms with Crippen LogP contribution in [0.5, 0.6) is 0 Å². The monoisotopic (exact) mass is 239 g/mol. The van der Waals surface area contributed by atoms with Crippen molar-refractivity contribution in [2.75, 3.05) is 26.7 Å². The minimum atomic E-state index is -0.374. The Labute approximate surface area is 99.9 Å². The molecule has 0 bridgehead atoms. The first kappa shape index (κ1) is 10.8. The van der Waals surface area contributed by atoms with E-state index in [1.165, 1.54) is 7.11 Å². The zero-order valence-corrected chi connectivity index (χ0v) is 9.89. The summed E-state index contributed by atoms with van der Waals surface area (Å²) in [5.41, 5.74) is 0. The van der Waals surface area contributed by atoms with Crippen LogP contribution in [-0.4, -0.2) is 66.7 Å². The van der Waals surface area contributed by atoms with E-state index in [-0.39, 0.29) is 24.1 Å². The summed E-state index contributed by atoms with van der Waals surface area (Å²) in [6, 6.07) is 0.0602. The summed E-state index contributed by atoms with van der Waals surface area (Å²) in [5.74, 6) is -0.273. The first-order valence-corrected chi connectivity index (χ1v) is 6.11. The summed E-state index contributed by atoms with van der Waals surface area (Å²) in [6.07, 6.45) is 2.20. The molecule has 1 N–H and O–H groups in total. The van der Waals surface area contributed by atoms with Crippen LogP contribution in [0, 0.1) is 0 Å². The number of amides is 2. The number of nitrogens with zero attached hydrogens (tertiary/aromatic N) is 2. The number of urea groups is 1. The third kappa shape index (κ3) is 1.67. The average molecular weight is 239 g/mol.